The van der Waals surface area contributed by atoms with Gasteiger partial charge in [0.05, 0.1) is 6.10 Å². The first-order valence-corrected chi connectivity index (χ1v) is 6.34. The highest BCUT2D eigenvalue weighted by atomic mass is 16.4. The fraction of sp³-hybridized carbons (Fsp3) is 0.250. The number of hydrogen-bond acceptors (Lipinski definition) is 1. The molecule has 0 saturated carbocycles. The molecule has 1 atom stereocenters. The number of benzene rings is 2. The summed E-state index contributed by atoms with van der Waals surface area (Å²) in [6.45, 7) is 0. The molecule has 2 aromatic carbocycles. The average molecular weight is 236 g/mol. The Morgan fingerprint density at radius 2 is 1.50 bits per heavy atom. The quantitative estimate of drug-likeness (QED) is 0.692. The third-order valence-electron chi connectivity index (χ3n) is 3.11. The average Bonchev–Trinajstić information content (AvgIpc) is 2.46. The van der Waals surface area contributed by atoms with E-state index in [2.05, 4.69) is 36.4 Å². The summed E-state index contributed by atoms with van der Waals surface area (Å²) in [5.74, 6) is 0. The van der Waals surface area contributed by atoms with E-state index >= 15 is 0 Å². The van der Waals surface area contributed by atoms with Crippen LogP contribution >= 0.6 is 0 Å². The van der Waals surface area contributed by atoms with Gasteiger partial charge in [-0.25, -0.2) is 0 Å². The molecule has 0 fully saturated rings. The van der Waals surface area contributed by atoms with Gasteiger partial charge in [-0.1, -0.05) is 60.7 Å². The van der Waals surface area contributed by atoms with Gasteiger partial charge in [0, 0.05) is 0 Å². The van der Waals surface area contributed by atoms with Crippen molar-refractivity contribution >= 4 is 8.05 Å². The van der Waals surface area contributed by atoms with E-state index in [1.54, 1.807) is 0 Å². The van der Waals surface area contributed by atoms with Gasteiger partial charge in [0.2, 0.25) is 0 Å². The van der Waals surface area contributed by atoms with Crippen LogP contribution < -0.4 is 0 Å². The van der Waals surface area contributed by atoms with Crippen LogP contribution in [-0.4, -0.2) is 8.05 Å². The van der Waals surface area contributed by atoms with Crippen molar-refractivity contribution in [1.82, 2.24) is 0 Å². The van der Waals surface area contributed by atoms with E-state index < -0.39 is 0 Å². The smallest absolute Gasteiger partial charge is 0.283 e. The minimum atomic E-state index is -0.00471. The van der Waals surface area contributed by atoms with Gasteiger partial charge in [0.1, 0.15) is 0 Å². The maximum absolute atomic E-state index is 5.38. The van der Waals surface area contributed by atoms with Gasteiger partial charge in [-0.2, -0.15) is 0 Å². The summed E-state index contributed by atoms with van der Waals surface area (Å²) < 4.78 is 5.07. The zero-order chi connectivity index (χ0) is 12.6. The molecular weight excluding hydrogens is 219 g/mol. The molecule has 2 aromatic rings. The summed E-state index contributed by atoms with van der Waals surface area (Å²) in [7, 11) is 5.38. The minimum absolute atomic E-state index is 0.00471. The van der Waals surface area contributed by atoms with E-state index in [0.29, 0.717) is 0 Å². The van der Waals surface area contributed by atoms with Crippen LogP contribution in [0.5, 0.6) is 0 Å². The van der Waals surface area contributed by atoms with Gasteiger partial charge >= 0.3 is 0 Å². The number of rotatable bonds is 6. The third-order valence-corrected chi connectivity index (χ3v) is 3.11. The van der Waals surface area contributed by atoms with Crippen LogP contribution in [0, 0.1) is 0 Å². The van der Waals surface area contributed by atoms with Crippen molar-refractivity contribution in [3.8, 4) is 0 Å². The summed E-state index contributed by atoms with van der Waals surface area (Å²) in [4.78, 5) is 0. The maximum Gasteiger partial charge on any atom is 0.283 e. The Morgan fingerprint density at radius 1 is 0.889 bits per heavy atom. The maximum atomic E-state index is 5.38. The van der Waals surface area contributed by atoms with Crippen molar-refractivity contribution in [2.24, 2.45) is 0 Å². The molecular formula is C16H17BO. The molecule has 0 N–H and O–H groups in total. The SMILES string of the molecule is [B]OC(CCCc1ccccc1)c1ccccc1. The number of hydrogen-bond donors (Lipinski definition) is 0. The lowest BCUT2D eigenvalue weighted by molar-refractivity contribution is 0.211. The van der Waals surface area contributed by atoms with Crippen LogP contribution in [0.1, 0.15) is 30.1 Å². The van der Waals surface area contributed by atoms with Crippen LogP contribution in [0.4, 0.5) is 0 Å². The molecule has 0 aliphatic carbocycles. The van der Waals surface area contributed by atoms with Crippen LogP contribution in [0.3, 0.4) is 0 Å². The first kappa shape index (κ1) is 12.9. The second-order valence-electron chi connectivity index (χ2n) is 4.41. The topological polar surface area (TPSA) is 9.23 Å². The largest absolute Gasteiger partial charge is 0.441 e. The summed E-state index contributed by atoms with van der Waals surface area (Å²) in [5.41, 5.74) is 2.51. The molecule has 0 saturated heterocycles. The lowest BCUT2D eigenvalue weighted by Crippen LogP contribution is -2.02. The Hall–Kier alpha value is -1.54. The lowest BCUT2D eigenvalue weighted by Gasteiger charge is -2.16. The molecule has 0 heterocycles. The summed E-state index contributed by atoms with van der Waals surface area (Å²) in [6.07, 6.45) is 3.07. The molecule has 1 unspecified atom stereocenters. The van der Waals surface area contributed by atoms with E-state index in [1.807, 2.05) is 24.3 Å². The highest BCUT2D eigenvalue weighted by Crippen LogP contribution is 2.22. The monoisotopic (exact) mass is 236 g/mol. The Bertz CT molecular complexity index is 441. The summed E-state index contributed by atoms with van der Waals surface area (Å²) in [5, 5.41) is 0. The van der Waals surface area contributed by atoms with Crippen molar-refractivity contribution in [2.45, 2.75) is 25.4 Å². The Morgan fingerprint density at radius 3 is 2.11 bits per heavy atom. The van der Waals surface area contributed by atoms with E-state index in [1.165, 1.54) is 5.56 Å². The van der Waals surface area contributed by atoms with Gasteiger partial charge in [0.15, 0.2) is 0 Å². The Kier molecular flexibility index (Phi) is 5.04. The molecule has 0 aliphatic heterocycles. The molecule has 0 bridgehead atoms. The Labute approximate surface area is 110 Å². The predicted octanol–water partition coefficient (Wildman–Crippen LogP) is 3.85. The first-order valence-electron chi connectivity index (χ1n) is 6.34. The molecule has 2 heteroatoms. The summed E-state index contributed by atoms with van der Waals surface area (Å²) in [6, 6.07) is 20.6. The molecule has 0 amide bonds. The van der Waals surface area contributed by atoms with Gasteiger partial charge in [-0.3, -0.25) is 0 Å². The molecule has 0 spiro atoms. The molecule has 18 heavy (non-hydrogen) atoms. The van der Waals surface area contributed by atoms with Crippen LogP contribution in [0.2, 0.25) is 0 Å². The fourth-order valence-electron chi connectivity index (χ4n) is 2.12. The second kappa shape index (κ2) is 7.02. The predicted molar refractivity (Wildman–Crippen MR) is 75.4 cm³/mol. The molecule has 2 radical (unpaired) electrons. The van der Waals surface area contributed by atoms with Crippen molar-refractivity contribution in [3.05, 3.63) is 71.8 Å². The zero-order valence-corrected chi connectivity index (χ0v) is 10.5. The first-order chi connectivity index (χ1) is 8.90. The zero-order valence-electron chi connectivity index (χ0n) is 10.5. The van der Waals surface area contributed by atoms with E-state index in [-0.39, 0.29) is 6.10 Å². The van der Waals surface area contributed by atoms with Gasteiger partial charge < -0.3 is 4.65 Å². The van der Waals surface area contributed by atoms with Crippen molar-refractivity contribution in [1.29, 1.82) is 0 Å². The van der Waals surface area contributed by atoms with Crippen LogP contribution in [-0.2, 0) is 11.1 Å². The normalized spacial score (nSPS) is 12.2. The van der Waals surface area contributed by atoms with Crippen molar-refractivity contribution in [3.63, 3.8) is 0 Å². The molecule has 90 valence electrons. The van der Waals surface area contributed by atoms with Crippen LogP contribution in [0.15, 0.2) is 60.7 Å². The van der Waals surface area contributed by atoms with Crippen LogP contribution in [0.25, 0.3) is 0 Å². The van der Waals surface area contributed by atoms with Gasteiger partial charge in [-0.05, 0) is 30.4 Å². The highest BCUT2D eigenvalue weighted by Gasteiger charge is 2.08. The molecule has 2 rings (SSSR count). The number of aryl methyl sites for hydroxylation is 1. The van der Waals surface area contributed by atoms with Gasteiger partial charge in [-0.15, -0.1) is 0 Å². The van der Waals surface area contributed by atoms with Crippen molar-refractivity contribution < 1.29 is 4.65 Å². The highest BCUT2D eigenvalue weighted by molar-refractivity contribution is 5.98. The Balaban J connectivity index is 1.85. The minimum Gasteiger partial charge on any atom is -0.441 e. The molecule has 0 aliphatic rings. The third kappa shape index (κ3) is 3.74. The summed E-state index contributed by atoms with van der Waals surface area (Å²) >= 11 is 0. The molecule has 1 nitrogen and oxygen atoms in total. The van der Waals surface area contributed by atoms with E-state index in [9.17, 15) is 0 Å². The van der Waals surface area contributed by atoms with E-state index in [4.69, 9.17) is 12.7 Å². The van der Waals surface area contributed by atoms with Gasteiger partial charge in [0.25, 0.3) is 8.05 Å². The van der Waals surface area contributed by atoms with Crippen molar-refractivity contribution in [2.75, 3.05) is 0 Å². The van der Waals surface area contributed by atoms with E-state index in [0.717, 1.165) is 24.8 Å². The fourth-order valence-corrected chi connectivity index (χ4v) is 2.12. The molecule has 0 aromatic heterocycles. The standard InChI is InChI=1S/C16H17BO/c17-18-16(15-11-5-2-6-12-15)13-7-10-14-8-3-1-4-9-14/h1-6,8-9,11-12,16H,7,10,13H2. The second-order valence-corrected chi connectivity index (χ2v) is 4.41. The lowest BCUT2D eigenvalue weighted by atomic mass is 10.0.